The zero-order valence-electron chi connectivity index (χ0n) is 22.0. The Morgan fingerprint density at radius 3 is 2.46 bits per heavy atom. The smallest absolute Gasteiger partial charge is 0.202 e. The van der Waals surface area contributed by atoms with Crippen molar-refractivity contribution in [3.63, 3.8) is 0 Å². The molecule has 5 N–H and O–H groups in total. The summed E-state index contributed by atoms with van der Waals surface area (Å²) < 4.78 is 17.3. The minimum atomic E-state index is -1.99. The van der Waals surface area contributed by atoms with E-state index in [0.717, 1.165) is 0 Å². The third-order valence-corrected chi connectivity index (χ3v) is 8.12. The molecule has 0 spiro atoms. The van der Waals surface area contributed by atoms with Crippen LogP contribution >= 0.6 is 0 Å². The largest absolute Gasteiger partial charge is 0.507 e. The number of aliphatic hydroxyl groups is 2. The highest BCUT2D eigenvalue weighted by atomic mass is 16.7. The summed E-state index contributed by atoms with van der Waals surface area (Å²) in [4.78, 5) is 39.7. The Kier molecular flexibility index (Phi) is 6.76. The quantitative estimate of drug-likeness (QED) is 0.295. The fourth-order valence-corrected chi connectivity index (χ4v) is 5.91. The van der Waals surface area contributed by atoms with Crippen LogP contribution < -0.4 is 10.1 Å². The third kappa shape index (κ3) is 4.12. The second-order valence-electron chi connectivity index (χ2n) is 10.4. The van der Waals surface area contributed by atoms with Gasteiger partial charge in [0.2, 0.25) is 5.78 Å². The average Bonchev–Trinajstić information content (AvgIpc) is 2.90. The number of carbonyl (C=O) groups excluding carboxylic acids is 3. The number of aromatic hydroxyl groups is 2. The maximum Gasteiger partial charge on any atom is 0.202 e. The van der Waals surface area contributed by atoms with Gasteiger partial charge in [0, 0.05) is 42.0 Å². The van der Waals surface area contributed by atoms with Crippen molar-refractivity contribution in [1.29, 1.82) is 0 Å². The lowest BCUT2D eigenvalue weighted by molar-refractivity contribution is -0.249. The van der Waals surface area contributed by atoms with Crippen molar-refractivity contribution in [3.8, 4) is 17.2 Å². The molecule has 0 bridgehead atoms. The number of benzene rings is 2. The van der Waals surface area contributed by atoms with E-state index in [-0.39, 0.29) is 46.9 Å². The molecule has 39 heavy (non-hydrogen) atoms. The summed E-state index contributed by atoms with van der Waals surface area (Å²) in [5, 5.41) is 47.5. The number of Topliss-reactive ketones (excluding diaryl/α,β-unsaturated/α-hetero) is 1. The van der Waals surface area contributed by atoms with Gasteiger partial charge in [0.05, 0.1) is 42.1 Å². The molecule has 1 fully saturated rings. The maximum absolute atomic E-state index is 13.7. The molecule has 2 aromatic rings. The van der Waals surface area contributed by atoms with Crippen LogP contribution in [0.15, 0.2) is 18.2 Å². The topological polar surface area (TPSA) is 172 Å². The first kappa shape index (κ1) is 27.2. The van der Waals surface area contributed by atoms with Crippen molar-refractivity contribution in [2.45, 2.75) is 69.4 Å². The molecular formula is C28H31NO10. The van der Waals surface area contributed by atoms with Crippen molar-refractivity contribution >= 4 is 17.3 Å². The first-order valence-corrected chi connectivity index (χ1v) is 12.7. The number of aliphatic hydroxyl groups excluding tert-OH is 1. The summed E-state index contributed by atoms with van der Waals surface area (Å²) in [6.07, 6.45) is -4.07. The van der Waals surface area contributed by atoms with Gasteiger partial charge in [0.25, 0.3) is 0 Å². The van der Waals surface area contributed by atoms with Gasteiger partial charge in [-0.1, -0.05) is 12.1 Å². The molecule has 0 radical (unpaired) electrons. The Bertz CT molecular complexity index is 1390. The molecule has 2 aliphatic carbocycles. The number of fused-ring (bicyclic) bond motifs is 3. The lowest BCUT2D eigenvalue weighted by Crippen LogP contribution is -2.53. The van der Waals surface area contributed by atoms with Gasteiger partial charge in [-0.3, -0.25) is 14.4 Å². The second-order valence-corrected chi connectivity index (χ2v) is 10.4. The number of phenols is 2. The minimum absolute atomic E-state index is 0.00630. The monoisotopic (exact) mass is 541 g/mol. The predicted octanol–water partition coefficient (Wildman–Crippen LogP) is 1.29. The molecule has 0 saturated carbocycles. The van der Waals surface area contributed by atoms with Crippen LogP contribution in [0.1, 0.15) is 75.8 Å². The second kappa shape index (κ2) is 9.68. The van der Waals surface area contributed by atoms with E-state index in [9.17, 15) is 34.8 Å². The van der Waals surface area contributed by atoms with Crippen molar-refractivity contribution < 1.29 is 49.0 Å². The summed E-state index contributed by atoms with van der Waals surface area (Å²) in [5.41, 5.74) is -2.94. The molecule has 208 valence electrons. The third-order valence-electron chi connectivity index (χ3n) is 8.12. The van der Waals surface area contributed by atoms with Gasteiger partial charge >= 0.3 is 0 Å². The molecule has 6 atom stereocenters. The van der Waals surface area contributed by atoms with Crippen molar-refractivity contribution in [2.75, 3.05) is 14.2 Å². The normalized spacial score (nSPS) is 29.8. The van der Waals surface area contributed by atoms with E-state index in [4.69, 9.17) is 14.2 Å². The van der Waals surface area contributed by atoms with Gasteiger partial charge < -0.3 is 40.0 Å². The standard InChI is InChI=1S/C28H31NO10/c1-11-23(31)15(29-3)8-18(38-11)39-17-10-28(36,12(2)30)9-14-20(17)27(35)22-21(25(14)33)24(32)13-6-5-7-16(37-4)19(13)26(22)34/h5-7,11,15,17-18,23,29,31,33,35-36H,8-10H2,1-4H3/t11-,15-,17-,18-,23+,28-/m0/s1. The highest BCUT2D eigenvalue weighted by Crippen LogP contribution is 2.52. The predicted molar refractivity (Wildman–Crippen MR) is 135 cm³/mol. The van der Waals surface area contributed by atoms with Crippen LogP contribution in [0, 0.1) is 0 Å². The lowest BCUT2D eigenvalue weighted by atomic mass is 9.72. The van der Waals surface area contributed by atoms with Crippen LogP contribution in [0.3, 0.4) is 0 Å². The molecule has 5 rings (SSSR count). The number of carbonyl (C=O) groups is 3. The number of likely N-dealkylation sites (N-methyl/N-ethyl adjacent to an activating group) is 1. The Hall–Kier alpha value is -3.35. The fourth-order valence-electron chi connectivity index (χ4n) is 5.91. The SMILES string of the molecule is CN[C@H]1C[C@H](O[C@H]2C[C@](O)(C(C)=O)Cc3c(O)c4c(c(O)c32)C(=O)c2c(OC)cccc2C4=O)O[C@@H](C)[C@H]1O. The molecule has 3 aliphatic rings. The van der Waals surface area contributed by atoms with Crippen LogP contribution in [-0.4, -0.2) is 82.1 Å². The van der Waals surface area contributed by atoms with Gasteiger partial charge in [0.15, 0.2) is 17.9 Å². The average molecular weight is 542 g/mol. The van der Waals surface area contributed by atoms with Crippen molar-refractivity contribution in [2.24, 2.45) is 0 Å². The van der Waals surface area contributed by atoms with E-state index in [1.807, 2.05) is 0 Å². The summed E-state index contributed by atoms with van der Waals surface area (Å²) in [6, 6.07) is 4.07. The number of nitrogens with one attached hydrogen (secondary N) is 1. The zero-order chi connectivity index (χ0) is 28.4. The number of ketones is 3. The van der Waals surface area contributed by atoms with E-state index < -0.39 is 76.6 Å². The maximum atomic E-state index is 13.7. The van der Waals surface area contributed by atoms with Crippen LogP contribution in [0.4, 0.5) is 0 Å². The van der Waals surface area contributed by atoms with E-state index in [1.54, 1.807) is 14.0 Å². The minimum Gasteiger partial charge on any atom is -0.507 e. The van der Waals surface area contributed by atoms with Crippen molar-refractivity contribution in [3.05, 3.63) is 51.6 Å². The number of phenolic OH excluding ortho intramolecular Hbond substituents is 2. The summed E-state index contributed by atoms with van der Waals surface area (Å²) in [5.74, 6) is -3.10. The summed E-state index contributed by atoms with van der Waals surface area (Å²) >= 11 is 0. The van der Waals surface area contributed by atoms with Gasteiger partial charge in [0.1, 0.15) is 22.8 Å². The van der Waals surface area contributed by atoms with Gasteiger partial charge in [-0.05, 0) is 27.0 Å². The first-order chi connectivity index (χ1) is 18.4. The van der Waals surface area contributed by atoms with Crippen LogP contribution in [0.5, 0.6) is 17.2 Å². The number of ether oxygens (including phenoxy) is 3. The number of rotatable bonds is 5. The van der Waals surface area contributed by atoms with E-state index >= 15 is 0 Å². The summed E-state index contributed by atoms with van der Waals surface area (Å²) in [6.45, 7) is 2.86. The van der Waals surface area contributed by atoms with Gasteiger partial charge in [-0.15, -0.1) is 0 Å². The van der Waals surface area contributed by atoms with Crippen LogP contribution in [0.25, 0.3) is 0 Å². The number of methoxy groups -OCH3 is 1. The molecule has 11 heteroatoms. The fraction of sp³-hybridized carbons (Fsp3) is 0.464. The number of hydrogen-bond acceptors (Lipinski definition) is 11. The summed E-state index contributed by atoms with van der Waals surface area (Å²) in [7, 11) is 3.03. The molecule has 11 nitrogen and oxygen atoms in total. The van der Waals surface area contributed by atoms with E-state index in [1.165, 1.54) is 32.2 Å². The molecule has 1 heterocycles. The Labute approximate surface area is 224 Å². The molecule has 1 saturated heterocycles. The van der Waals surface area contributed by atoms with Gasteiger partial charge in [-0.25, -0.2) is 0 Å². The Morgan fingerprint density at radius 1 is 1.13 bits per heavy atom. The first-order valence-electron chi connectivity index (χ1n) is 12.7. The lowest BCUT2D eigenvalue weighted by Gasteiger charge is -2.42. The molecule has 0 aromatic heterocycles. The van der Waals surface area contributed by atoms with Gasteiger partial charge in [-0.2, -0.15) is 0 Å². The Balaban J connectivity index is 1.67. The highest BCUT2D eigenvalue weighted by Gasteiger charge is 2.49. The van der Waals surface area contributed by atoms with Crippen molar-refractivity contribution in [1.82, 2.24) is 5.32 Å². The molecule has 2 aromatic carbocycles. The van der Waals surface area contributed by atoms with E-state index in [2.05, 4.69) is 5.32 Å². The zero-order valence-corrected chi connectivity index (χ0v) is 22.0. The molecule has 1 aliphatic heterocycles. The molecule has 0 amide bonds. The van der Waals surface area contributed by atoms with Crippen LogP contribution in [-0.2, 0) is 20.7 Å². The molecular weight excluding hydrogens is 510 g/mol. The number of hydrogen-bond donors (Lipinski definition) is 5. The highest BCUT2D eigenvalue weighted by molar-refractivity contribution is 6.31. The molecule has 0 unspecified atom stereocenters. The Morgan fingerprint density at radius 2 is 1.82 bits per heavy atom. The van der Waals surface area contributed by atoms with Crippen LogP contribution in [0.2, 0.25) is 0 Å². The van der Waals surface area contributed by atoms with E-state index in [0.29, 0.717) is 0 Å².